The van der Waals surface area contributed by atoms with Gasteiger partial charge in [0.25, 0.3) is 5.91 Å². The molecule has 0 aliphatic carbocycles. The van der Waals surface area contributed by atoms with E-state index in [9.17, 15) is 9.59 Å². The van der Waals surface area contributed by atoms with Gasteiger partial charge in [-0.15, -0.1) is 0 Å². The Morgan fingerprint density at radius 1 is 1.22 bits per heavy atom. The van der Waals surface area contributed by atoms with Gasteiger partial charge in [-0.05, 0) is 42.2 Å². The molecule has 0 spiro atoms. The molecule has 1 atom stereocenters. The molecule has 1 N–H and O–H groups in total. The molecule has 2 aromatic carbocycles. The number of para-hydroxylation sites is 1. The summed E-state index contributed by atoms with van der Waals surface area (Å²) >= 11 is 1.25. The SMILES string of the molecule is COc1cccc(CNC(=O)CSC2=Nc3ccccc3C3=N[C@H](CC(C)C)C(=O)N23)c1. The van der Waals surface area contributed by atoms with Crippen LogP contribution in [0.3, 0.4) is 0 Å². The molecular formula is C24H26N4O3S. The number of fused-ring (bicyclic) bond motifs is 3. The van der Waals surface area contributed by atoms with Gasteiger partial charge in [-0.25, -0.2) is 9.89 Å². The summed E-state index contributed by atoms with van der Waals surface area (Å²) in [6, 6.07) is 14.8. The second-order valence-electron chi connectivity index (χ2n) is 8.10. The molecule has 2 heterocycles. The maximum absolute atomic E-state index is 13.1. The quantitative estimate of drug-likeness (QED) is 0.696. The summed E-state index contributed by atoms with van der Waals surface area (Å²) in [6.07, 6.45) is 0.681. The molecule has 2 aliphatic heterocycles. The highest BCUT2D eigenvalue weighted by Crippen LogP contribution is 2.34. The summed E-state index contributed by atoms with van der Waals surface area (Å²) in [7, 11) is 1.61. The van der Waals surface area contributed by atoms with Gasteiger partial charge in [-0.1, -0.05) is 49.9 Å². The predicted molar refractivity (Wildman–Crippen MR) is 127 cm³/mol. The first-order chi connectivity index (χ1) is 15.5. The Morgan fingerprint density at radius 2 is 2.03 bits per heavy atom. The lowest BCUT2D eigenvalue weighted by Crippen LogP contribution is -2.41. The number of hydrogen-bond acceptors (Lipinski definition) is 6. The Balaban J connectivity index is 1.46. The molecular weight excluding hydrogens is 424 g/mol. The van der Waals surface area contributed by atoms with Gasteiger partial charge in [0.05, 0.1) is 18.6 Å². The van der Waals surface area contributed by atoms with Crippen molar-refractivity contribution in [2.45, 2.75) is 32.9 Å². The average Bonchev–Trinajstić information content (AvgIpc) is 3.12. The van der Waals surface area contributed by atoms with E-state index in [1.165, 1.54) is 11.8 Å². The number of aliphatic imine (C=N–C) groups is 2. The first kappa shape index (κ1) is 22.1. The van der Waals surface area contributed by atoms with Crippen molar-refractivity contribution in [3.05, 3.63) is 59.7 Å². The van der Waals surface area contributed by atoms with Crippen LogP contribution in [-0.2, 0) is 16.1 Å². The van der Waals surface area contributed by atoms with Crippen molar-refractivity contribution in [3.8, 4) is 5.75 Å². The minimum absolute atomic E-state index is 0.0776. The van der Waals surface area contributed by atoms with E-state index in [2.05, 4.69) is 24.2 Å². The number of hydrogen-bond donors (Lipinski definition) is 1. The van der Waals surface area contributed by atoms with Gasteiger partial charge in [-0.3, -0.25) is 14.6 Å². The lowest BCUT2D eigenvalue weighted by atomic mass is 10.0. The maximum Gasteiger partial charge on any atom is 0.259 e. The van der Waals surface area contributed by atoms with Crippen LogP contribution < -0.4 is 10.1 Å². The van der Waals surface area contributed by atoms with Crippen LogP contribution in [0.15, 0.2) is 58.5 Å². The first-order valence-corrected chi connectivity index (χ1v) is 11.6. The molecule has 0 saturated heterocycles. The fraction of sp³-hybridized carbons (Fsp3) is 0.333. The number of amides is 2. The normalized spacial score (nSPS) is 16.9. The summed E-state index contributed by atoms with van der Waals surface area (Å²) in [6.45, 7) is 4.56. The first-order valence-electron chi connectivity index (χ1n) is 10.6. The fourth-order valence-corrected chi connectivity index (χ4v) is 4.49. The number of nitrogens with zero attached hydrogens (tertiary/aromatic N) is 3. The fourth-order valence-electron chi connectivity index (χ4n) is 3.66. The van der Waals surface area contributed by atoms with E-state index in [-0.39, 0.29) is 17.6 Å². The van der Waals surface area contributed by atoms with E-state index in [1.807, 2.05) is 48.5 Å². The predicted octanol–water partition coefficient (Wildman–Crippen LogP) is 3.75. The highest BCUT2D eigenvalue weighted by Gasteiger charge is 2.41. The molecule has 8 heteroatoms. The van der Waals surface area contributed by atoms with E-state index in [4.69, 9.17) is 9.73 Å². The van der Waals surface area contributed by atoms with E-state index in [0.717, 1.165) is 22.6 Å². The number of carbonyl (C=O) groups is 2. The highest BCUT2D eigenvalue weighted by molar-refractivity contribution is 8.14. The van der Waals surface area contributed by atoms with Gasteiger partial charge in [0, 0.05) is 12.1 Å². The van der Waals surface area contributed by atoms with Gasteiger partial charge in [0.1, 0.15) is 17.6 Å². The van der Waals surface area contributed by atoms with Crippen LogP contribution in [0.1, 0.15) is 31.4 Å². The number of rotatable bonds is 7. The minimum atomic E-state index is -0.413. The molecule has 4 rings (SSSR count). The standard InChI is InChI=1S/C24H26N4O3S/c1-15(2)11-20-23(30)28-22(26-20)18-9-4-5-10-19(18)27-24(28)32-14-21(29)25-13-16-7-6-8-17(12-16)31-3/h4-10,12,15,20H,11,13-14H2,1-3H3,(H,25,29)/t20-/m1/s1. The molecule has 2 aliphatic rings. The number of thioether (sulfide) groups is 1. The van der Waals surface area contributed by atoms with Crippen LogP contribution in [0, 0.1) is 5.92 Å². The van der Waals surface area contributed by atoms with Crippen molar-refractivity contribution in [2.75, 3.05) is 12.9 Å². The molecule has 0 fully saturated rings. The van der Waals surface area contributed by atoms with E-state index in [0.29, 0.717) is 29.9 Å². The second kappa shape index (κ2) is 9.56. The zero-order valence-corrected chi connectivity index (χ0v) is 19.2. The highest BCUT2D eigenvalue weighted by atomic mass is 32.2. The van der Waals surface area contributed by atoms with Crippen LogP contribution in [0.25, 0.3) is 0 Å². The molecule has 0 radical (unpaired) electrons. The summed E-state index contributed by atoms with van der Waals surface area (Å²) in [5.41, 5.74) is 2.56. The van der Waals surface area contributed by atoms with Crippen LogP contribution in [0.5, 0.6) is 5.75 Å². The number of methoxy groups -OCH3 is 1. The molecule has 7 nitrogen and oxygen atoms in total. The van der Waals surface area contributed by atoms with E-state index < -0.39 is 6.04 Å². The molecule has 0 saturated carbocycles. The number of nitrogens with one attached hydrogen (secondary N) is 1. The van der Waals surface area contributed by atoms with Crippen LogP contribution in [0.4, 0.5) is 5.69 Å². The second-order valence-corrected chi connectivity index (χ2v) is 9.04. The number of ether oxygens (including phenoxy) is 1. The van der Waals surface area contributed by atoms with Crippen molar-refractivity contribution >= 4 is 40.3 Å². The monoisotopic (exact) mass is 450 g/mol. The Kier molecular flexibility index (Phi) is 6.60. The molecule has 0 bridgehead atoms. The zero-order chi connectivity index (χ0) is 22.7. The summed E-state index contributed by atoms with van der Waals surface area (Å²) in [5, 5.41) is 3.41. The Bertz CT molecular complexity index is 1100. The van der Waals surface area contributed by atoms with Crippen molar-refractivity contribution in [1.29, 1.82) is 0 Å². The third-order valence-electron chi connectivity index (χ3n) is 5.20. The molecule has 0 unspecified atom stereocenters. The molecule has 2 amide bonds. The maximum atomic E-state index is 13.1. The van der Waals surface area contributed by atoms with Gasteiger partial charge in [0.15, 0.2) is 5.17 Å². The minimum Gasteiger partial charge on any atom is -0.497 e. The van der Waals surface area contributed by atoms with Crippen molar-refractivity contribution in [1.82, 2.24) is 10.2 Å². The van der Waals surface area contributed by atoms with Gasteiger partial charge in [0.2, 0.25) is 5.91 Å². The molecule has 166 valence electrons. The topological polar surface area (TPSA) is 83.4 Å². The number of amidine groups is 2. The summed E-state index contributed by atoms with van der Waals surface area (Å²) < 4.78 is 5.22. The van der Waals surface area contributed by atoms with Crippen LogP contribution in [-0.4, -0.2) is 46.6 Å². The Hall–Kier alpha value is -3.13. The molecule has 0 aromatic heterocycles. The Labute approximate surface area is 192 Å². The van der Waals surface area contributed by atoms with Gasteiger partial charge >= 0.3 is 0 Å². The average molecular weight is 451 g/mol. The largest absolute Gasteiger partial charge is 0.497 e. The van der Waals surface area contributed by atoms with Crippen molar-refractivity contribution < 1.29 is 14.3 Å². The third kappa shape index (κ3) is 4.70. The Morgan fingerprint density at radius 3 is 2.81 bits per heavy atom. The third-order valence-corrected chi connectivity index (χ3v) is 6.14. The van der Waals surface area contributed by atoms with E-state index >= 15 is 0 Å². The number of carbonyl (C=O) groups excluding carboxylic acids is 2. The van der Waals surface area contributed by atoms with E-state index in [1.54, 1.807) is 12.0 Å². The molecule has 32 heavy (non-hydrogen) atoms. The summed E-state index contributed by atoms with van der Waals surface area (Å²) in [5.74, 6) is 1.66. The van der Waals surface area contributed by atoms with Crippen molar-refractivity contribution in [3.63, 3.8) is 0 Å². The lowest BCUT2D eigenvalue weighted by Gasteiger charge is -2.25. The lowest BCUT2D eigenvalue weighted by molar-refractivity contribution is -0.125. The van der Waals surface area contributed by atoms with Crippen LogP contribution >= 0.6 is 11.8 Å². The smallest absolute Gasteiger partial charge is 0.259 e. The van der Waals surface area contributed by atoms with Gasteiger partial charge < -0.3 is 10.1 Å². The van der Waals surface area contributed by atoms with Gasteiger partial charge in [-0.2, -0.15) is 0 Å². The summed E-state index contributed by atoms with van der Waals surface area (Å²) in [4.78, 5) is 36.6. The van der Waals surface area contributed by atoms with Crippen molar-refractivity contribution in [2.24, 2.45) is 15.9 Å². The zero-order valence-electron chi connectivity index (χ0n) is 18.4. The number of benzene rings is 2. The molecule has 2 aromatic rings. The van der Waals surface area contributed by atoms with Crippen LogP contribution in [0.2, 0.25) is 0 Å².